The minimum atomic E-state index is -1.23. The molecule has 0 saturated carbocycles. The number of carbonyl (C=O) groups is 3. The predicted molar refractivity (Wildman–Crippen MR) is 366 cm³/mol. The summed E-state index contributed by atoms with van der Waals surface area (Å²) in [6, 6.07) is 25.5. The lowest BCUT2D eigenvalue weighted by atomic mass is 9.81. The number of piperidine rings is 2. The zero-order valence-electron chi connectivity index (χ0n) is 57.9. The highest BCUT2D eigenvalue weighted by atomic mass is 19.1. The average molecular weight is 1290 g/mol. The SMILES string of the molecule is Cc1nc(C)c([C@H](OC(C)(C)C)C(=O)O)c(N2CCC(C)(C)CC2)c1-c1ccc2c(c1)c(OCc1ccc(F)cc1)cc(=O)n2C.Cc1nc(C)c([C@H](OC(C)(C)C)C(=O)OC(C)C)c(N2CCC(C)(C)CC2)c1-c1ccc2c(c1)C(OCc1ccc(F)cc1)=CC(=O)C2. The number of rotatable bonds is 17. The van der Waals surface area contributed by atoms with Gasteiger partial charge in [-0.25, -0.2) is 18.4 Å². The summed E-state index contributed by atoms with van der Waals surface area (Å²) in [5.41, 5.74) is 12.1. The second kappa shape index (κ2) is 28.0. The summed E-state index contributed by atoms with van der Waals surface area (Å²) in [5.74, 6) is -1.32. The molecular formula is C77H93F2N5O10. The molecule has 10 rings (SSSR count). The first kappa shape index (κ1) is 70.0. The monoisotopic (exact) mass is 1290 g/mol. The van der Waals surface area contributed by atoms with E-state index in [4.69, 9.17) is 33.7 Å². The van der Waals surface area contributed by atoms with Crippen molar-refractivity contribution in [1.82, 2.24) is 14.5 Å². The molecule has 5 heterocycles. The van der Waals surface area contributed by atoms with E-state index < -0.39 is 35.3 Å². The Morgan fingerprint density at radius 2 is 1.07 bits per heavy atom. The van der Waals surface area contributed by atoms with Gasteiger partial charge in [0.25, 0.3) is 5.56 Å². The number of allylic oxidation sites excluding steroid dienone is 1. The van der Waals surface area contributed by atoms with E-state index in [0.717, 1.165) is 130 Å². The molecule has 3 aliphatic rings. The number of anilines is 2. The standard InChI is InChI=1S/C40H49FN2O5.C37H44FN3O5/c1-24(2)47-38(45)37(48-39(5,6)7)35-26(4)42-25(3)34(36(35)43-18-16-40(8,9)17-19-43)29-13-12-28-20-31(44)22-33(32(28)21-29)46-23-27-10-14-30(41)15-11-27;1-22-31(25-11-14-28-27(19-25)29(20-30(42)40(28)8)45-21-24-9-12-26(38)13-10-24)33(41-17-15-37(6,7)16-18-41)32(23(2)39-22)34(35(43)44)46-36(3,4)5/h10-15,21-22,24,37H,16-20,23H2,1-9H3;9-14,19-20,34H,15-18,21H2,1-8H3,(H,43,44)/t37-;34-/m00/s1. The van der Waals surface area contributed by atoms with Crippen molar-refractivity contribution in [2.75, 3.05) is 36.0 Å². The number of carboxylic acids is 1. The molecule has 17 heteroatoms. The van der Waals surface area contributed by atoms with Gasteiger partial charge in [-0.15, -0.1) is 0 Å². The molecule has 500 valence electrons. The molecule has 1 N–H and O–H groups in total. The molecule has 3 aromatic heterocycles. The normalized spacial score (nSPS) is 16.2. The summed E-state index contributed by atoms with van der Waals surface area (Å²) >= 11 is 0. The Morgan fingerprint density at radius 3 is 1.55 bits per heavy atom. The molecule has 0 bridgehead atoms. The number of halogens is 2. The summed E-state index contributed by atoms with van der Waals surface area (Å²) in [4.78, 5) is 67.0. The van der Waals surface area contributed by atoms with E-state index in [2.05, 4.69) is 43.6 Å². The summed E-state index contributed by atoms with van der Waals surface area (Å²) in [6.07, 6.45) is 3.16. The summed E-state index contributed by atoms with van der Waals surface area (Å²) < 4.78 is 59.5. The topological polar surface area (TPSA) is 172 Å². The third-order valence-electron chi connectivity index (χ3n) is 17.7. The molecule has 7 aromatic rings. The van der Waals surface area contributed by atoms with Gasteiger partial charge in [0.2, 0.25) is 0 Å². The lowest BCUT2D eigenvalue weighted by Gasteiger charge is -2.41. The Kier molecular flexibility index (Phi) is 20.8. The van der Waals surface area contributed by atoms with Crippen molar-refractivity contribution in [1.29, 1.82) is 0 Å². The zero-order chi connectivity index (χ0) is 68.5. The van der Waals surface area contributed by atoms with Crippen molar-refractivity contribution in [2.45, 2.75) is 186 Å². The fourth-order valence-corrected chi connectivity index (χ4v) is 12.7. The molecule has 0 spiro atoms. The van der Waals surface area contributed by atoms with Crippen LogP contribution in [0, 0.1) is 50.2 Å². The molecule has 15 nitrogen and oxygen atoms in total. The first-order chi connectivity index (χ1) is 44.1. The molecule has 2 atom stereocenters. The van der Waals surface area contributed by atoms with Crippen molar-refractivity contribution < 1.29 is 52.0 Å². The quantitative estimate of drug-likeness (QED) is 0.0854. The van der Waals surface area contributed by atoms with Gasteiger partial charge in [0.1, 0.15) is 36.4 Å². The van der Waals surface area contributed by atoms with Gasteiger partial charge >= 0.3 is 11.9 Å². The number of fused-ring (bicyclic) bond motifs is 2. The number of carbonyl (C=O) groups excluding carboxylic acids is 2. The zero-order valence-corrected chi connectivity index (χ0v) is 57.9. The smallest absolute Gasteiger partial charge is 0.340 e. The third kappa shape index (κ3) is 16.6. The molecule has 2 saturated heterocycles. The maximum absolute atomic E-state index is 13.9. The fourth-order valence-electron chi connectivity index (χ4n) is 12.7. The van der Waals surface area contributed by atoms with Crippen LogP contribution in [0.5, 0.6) is 5.75 Å². The number of esters is 1. The fraction of sp³-hybridized carbons (Fsp3) is 0.455. The van der Waals surface area contributed by atoms with E-state index >= 15 is 0 Å². The van der Waals surface area contributed by atoms with Crippen molar-refractivity contribution in [2.24, 2.45) is 17.9 Å². The Bertz CT molecular complexity index is 4060. The molecular weight excluding hydrogens is 1190 g/mol. The summed E-state index contributed by atoms with van der Waals surface area (Å²) in [6.45, 7) is 35.4. The molecule has 2 aliphatic heterocycles. The van der Waals surface area contributed by atoms with Crippen LogP contribution in [-0.2, 0) is 60.0 Å². The number of aliphatic carboxylic acids is 1. The summed E-state index contributed by atoms with van der Waals surface area (Å²) in [5, 5.41) is 11.2. The van der Waals surface area contributed by atoms with Gasteiger partial charge in [0.05, 0.1) is 34.2 Å². The van der Waals surface area contributed by atoms with Gasteiger partial charge in [-0.2, -0.15) is 0 Å². The van der Waals surface area contributed by atoms with E-state index in [9.17, 15) is 33.1 Å². The average Bonchev–Trinajstić information content (AvgIpc) is 0.752. The van der Waals surface area contributed by atoms with Crippen molar-refractivity contribution in [3.05, 3.63) is 175 Å². The van der Waals surface area contributed by atoms with Crippen molar-refractivity contribution in [3.63, 3.8) is 0 Å². The number of aromatic nitrogens is 3. The minimum Gasteiger partial charge on any atom is -0.488 e. The van der Waals surface area contributed by atoms with Crippen LogP contribution in [-0.4, -0.2) is 80.8 Å². The minimum absolute atomic E-state index is 0.0396. The molecule has 94 heavy (non-hydrogen) atoms. The first-order valence-electron chi connectivity index (χ1n) is 32.6. The highest BCUT2D eigenvalue weighted by Gasteiger charge is 2.40. The van der Waals surface area contributed by atoms with E-state index in [1.54, 1.807) is 42.0 Å². The number of ketones is 1. The highest BCUT2D eigenvalue weighted by Crippen LogP contribution is 2.48. The molecule has 0 unspecified atom stereocenters. The van der Waals surface area contributed by atoms with E-state index in [1.165, 1.54) is 30.3 Å². The van der Waals surface area contributed by atoms with Crippen molar-refractivity contribution >= 4 is 45.8 Å². The van der Waals surface area contributed by atoms with E-state index in [1.807, 2.05) is 113 Å². The second-order valence-electron chi connectivity index (χ2n) is 29.2. The molecule has 0 amide bonds. The molecule has 2 fully saturated rings. The van der Waals surface area contributed by atoms with Gasteiger partial charge in [-0.3, -0.25) is 19.6 Å². The van der Waals surface area contributed by atoms with Crippen molar-refractivity contribution in [3.8, 4) is 28.0 Å². The van der Waals surface area contributed by atoms with Crippen LogP contribution < -0.4 is 20.1 Å². The van der Waals surface area contributed by atoms with Crippen LogP contribution in [0.15, 0.2) is 102 Å². The van der Waals surface area contributed by atoms with Gasteiger partial charge in [-0.1, -0.05) is 70.2 Å². The number of ether oxygens (including phenoxy) is 5. The van der Waals surface area contributed by atoms with E-state index in [0.29, 0.717) is 33.8 Å². The Balaban J connectivity index is 0.000000222. The van der Waals surface area contributed by atoms with Crippen LogP contribution in [0.3, 0.4) is 0 Å². The van der Waals surface area contributed by atoms with Crippen LogP contribution >= 0.6 is 0 Å². The van der Waals surface area contributed by atoms with Crippen LogP contribution in [0.4, 0.5) is 20.2 Å². The van der Waals surface area contributed by atoms with Crippen LogP contribution in [0.1, 0.15) is 177 Å². The number of pyridine rings is 3. The van der Waals surface area contributed by atoms with Gasteiger partial charge < -0.3 is 43.2 Å². The first-order valence-corrected chi connectivity index (χ1v) is 32.6. The predicted octanol–water partition coefficient (Wildman–Crippen LogP) is 16.1. The van der Waals surface area contributed by atoms with Gasteiger partial charge in [0, 0.05) is 108 Å². The number of carboxylic acid groups (broad SMARTS) is 1. The lowest BCUT2D eigenvalue weighted by Crippen LogP contribution is -2.39. The number of hydrogen-bond donors (Lipinski definition) is 1. The molecule has 1 aliphatic carbocycles. The number of benzene rings is 4. The number of hydrogen-bond acceptors (Lipinski definition) is 13. The number of nitrogens with zero attached hydrogens (tertiary/aromatic N) is 5. The Morgan fingerprint density at radius 1 is 0.617 bits per heavy atom. The second-order valence-corrected chi connectivity index (χ2v) is 29.2. The Labute approximate surface area is 552 Å². The van der Waals surface area contributed by atoms with E-state index in [-0.39, 0.29) is 59.5 Å². The van der Waals surface area contributed by atoms with Crippen LogP contribution in [0.2, 0.25) is 0 Å². The Hall–Kier alpha value is -8.28. The maximum atomic E-state index is 13.9. The highest BCUT2D eigenvalue weighted by molar-refractivity contribution is 6.01. The third-order valence-corrected chi connectivity index (χ3v) is 17.7. The van der Waals surface area contributed by atoms with Gasteiger partial charge in [-0.05, 0) is 190 Å². The molecule has 0 radical (unpaired) electrons. The largest absolute Gasteiger partial charge is 0.488 e. The number of aryl methyl sites for hydroxylation is 5. The lowest BCUT2D eigenvalue weighted by molar-refractivity contribution is -0.171. The van der Waals surface area contributed by atoms with Crippen LogP contribution in [0.25, 0.3) is 38.9 Å². The summed E-state index contributed by atoms with van der Waals surface area (Å²) in [7, 11) is 1.72. The maximum Gasteiger partial charge on any atom is 0.340 e. The molecule has 4 aromatic carbocycles. The van der Waals surface area contributed by atoms with Gasteiger partial charge in [0.15, 0.2) is 18.0 Å².